The van der Waals surface area contributed by atoms with E-state index in [9.17, 15) is 0 Å². The molecule has 0 spiro atoms. The second-order valence-electron chi connectivity index (χ2n) is 1.70. The zero-order valence-electron chi connectivity index (χ0n) is 5.89. The van der Waals surface area contributed by atoms with Crippen molar-refractivity contribution in [2.24, 2.45) is 0 Å². The summed E-state index contributed by atoms with van der Waals surface area (Å²) in [4.78, 5) is 0. The zero-order valence-corrected chi connectivity index (χ0v) is 5.89. The summed E-state index contributed by atoms with van der Waals surface area (Å²) in [6, 6.07) is 2.08. The topological polar surface area (TPSA) is 23.8 Å². The van der Waals surface area contributed by atoms with Crippen LogP contribution in [-0.2, 0) is 0 Å². The van der Waals surface area contributed by atoms with Crippen LogP contribution in [0.2, 0.25) is 0 Å². The second kappa shape index (κ2) is 5.11. The van der Waals surface area contributed by atoms with Gasteiger partial charge in [0, 0.05) is 0 Å². The van der Waals surface area contributed by atoms with Crippen molar-refractivity contribution in [2.45, 2.75) is 20.3 Å². The maximum atomic E-state index is 8.27. The van der Waals surface area contributed by atoms with Crippen LogP contribution in [0, 0.1) is 11.3 Å². The fraction of sp³-hybridized carbons (Fsp3) is 0.375. The van der Waals surface area contributed by atoms with Crippen LogP contribution in [0.1, 0.15) is 20.3 Å². The smallest absolute Gasteiger partial charge is 0.0669 e. The summed E-state index contributed by atoms with van der Waals surface area (Å²) in [6.45, 7) is 3.88. The van der Waals surface area contributed by atoms with Gasteiger partial charge in [-0.15, -0.1) is 0 Å². The van der Waals surface area contributed by atoms with Crippen molar-refractivity contribution in [2.75, 3.05) is 0 Å². The molecule has 0 fully saturated rings. The molecule has 0 aromatic heterocycles. The first-order chi connectivity index (χ1) is 4.35. The summed E-state index contributed by atoms with van der Waals surface area (Å²) in [6.07, 6.45) is 6.35. The minimum Gasteiger partial charge on any atom is -0.198 e. The molecule has 0 rings (SSSR count). The normalized spacial score (nSPS) is 11.9. The van der Waals surface area contributed by atoms with Crippen molar-refractivity contribution in [3.05, 3.63) is 23.8 Å². The SMILES string of the molecule is C/C=C\C(=C/C)CC#N. The van der Waals surface area contributed by atoms with Gasteiger partial charge in [0.1, 0.15) is 0 Å². The predicted octanol–water partition coefficient (Wildman–Crippen LogP) is 2.42. The van der Waals surface area contributed by atoms with Gasteiger partial charge in [0.15, 0.2) is 0 Å². The second-order valence-corrected chi connectivity index (χ2v) is 1.70. The molecular formula is C8H11N. The highest BCUT2D eigenvalue weighted by atomic mass is 14.2. The Hall–Kier alpha value is -1.03. The molecule has 9 heavy (non-hydrogen) atoms. The largest absolute Gasteiger partial charge is 0.198 e. The third kappa shape index (κ3) is 3.54. The Morgan fingerprint density at radius 1 is 1.56 bits per heavy atom. The van der Waals surface area contributed by atoms with E-state index < -0.39 is 0 Å². The van der Waals surface area contributed by atoms with E-state index in [-0.39, 0.29) is 0 Å². The van der Waals surface area contributed by atoms with Crippen LogP contribution in [0.5, 0.6) is 0 Å². The zero-order chi connectivity index (χ0) is 7.11. The molecular weight excluding hydrogens is 110 g/mol. The Morgan fingerprint density at radius 3 is 2.56 bits per heavy atom. The van der Waals surface area contributed by atoms with Crippen molar-refractivity contribution < 1.29 is 0 Å². The molecule has 0 aliphatic heterocycles. The van der Waals surface area contributed by atoms with Gasteiger partial charge in [0.05, 0.1) is 12.5 Å². The van der Waals surface area contributed by atoms with Gasteiger partial charge in [0.25, 0.3) is 0 Å². The van der Waals surface area contributed by atoms with Gasteiger partial charge in [-0.25, -0.2) is 0 Å². The highest BCUT2D eigenvalue weighted by Gasteiger charge is 1.84. The summed E-state index contributed by atoms with van der Waals surface area (Å²) in [5.74, 6) is 0. The van der Waals surface area contributed by atoms with Crippen molar-refractivity contribution in [3.8, 4) is 6.07 Å². The molecule has 1 nitrogen and oxygen atoms in total. The van der Waals surface area contributed by atoms with Crippen LogP contribution < -0.4 is 0 Å². The molecule has 0 aliphatic rings. The van der Waals surface area contributed by atoms with Crippen LogP contribution in [0.4, 0.5) is 0 Å². The van der Waals surface area contributed by atoms with Gasteiger partial charge in [-0.05, 0) is 19.4 Å². The van der Waals surface area contributed by atoms with Gasteiger partial charge in [-0.1, -0.05) is 18.2 Å². The van der Waals surface area contributed by atoms with Gasteiger partial charge >= 0.3 is 0 Å². The third-order valence-corrected chi connectivity index (χ3v) is 1.03. The minimum atomic E-state index is 0.515. The molecule has 48 valence electrons. The highest BCUT2D eigenvalue weighted by Crippen LogP contribution is 2.00. The molecule has 0 unspecified atom stereocenters. The number of rotatable bonds is 2. The van der Waals surface area contributed by atoms with E-state index in [0.717, 1.165) is 5.57 Å². The van der Waals surface area contributed by atoms with Crippen molar-refractivity contribution in [1.82, 2.24) is 0 Å². The van der Waals surface area contributed by atoms with Crippen LogP contribution in [0.3, 0.4) is 0 Å². The fourth-order valence-corrected chi connectivity index (χ4v) is 0.563. The molecule has 0 aromatic carbocycles. The highest BCUT2D eigenvalue weighted by molar-refractivity contribution is 5.20. The van der Waals surface area contributed by atoms with E-state index in [0.29, 0.717) is 6.42 Å². The first-order valence-corrected chi connectivity index (χ1v) is 3.00. The lowest BCUT2D eigenvalue weighted by atomic mass is 10.2. The Labute approximate surface area is 56.3 Å². The van der Waals surface area contributed by atoms with Gasteiger partial charge in [-0.3, -0.25) is 0 Å². The number of nitriles is 1. The maximum Gasteiger partial charge on any atom is 0.0669 e. The molecule has 0 aliphatic carbocycles. The number of allylic oxidation sites excluding steroid dienone is 4. The number of hydrogen-bond donors (Lipinski definition) is 0. The quantitative estimate of drug-likeness (QED) is 0.515. The molecule has 0 N–H and O–H groups in total. The average molecular weight is 121 g/mol. The van der Waals surface area contributed by atoms with Crippen LogP contribution in [-0.4, -0.2) is 0 Å². The third-order valence-electron chi connectivity index (χ3n) is 1.03. The standard InChI is InChI=1S/C8H11N/c1-3-5-8(4-2)6-7-9/h3-5H,6H2,1-2H3/b5-3-,8-4+. The lowest BCUT2D eigenvalue weighted by molar-refractivity contribution is 1.26. The van der Waals surface area contributed by atoms with Crippen LogP contribution in [0.15, 0.2) is 23.8 Å². The van der Waals surface area contributed by atoms with E-state index in [1.54, 1.807) is 0 Å². The van der Waals surface area contributed by atoms with Crippen LogP contribution in [0.25, 0.3) is 0 Å². The molecule has 0 saturated heterocycles. The number of nitrogens with zero attached hydrogens (tertiary/aromatic N) is 1. The Balaban J connectivity index is 3.89. The van der Waals surface area contributed by atoms with Crippen molar-refractivity contribution >= 4 is 0 Å². The van der Waals surface area contributed by atoms with E-state index in [1.165, 1.54) is 0 Å². The number of hydrogen-bond acceptors (Lipinski definition) is 1. The first-order valence-electron chi connectivity index (χ1n) is 3.00. The van der Waals surface area contributed by atoms with E-state index in [4.69, 9.17) is 5.26 Å². The lowest BCUT2D eigenvalue weighted by Crippen LogP contribution is -1.72. The predicted molar refractivity (Wildman–Crippen MR) is 38.8 cm³/mol. The minimum absolute atomic E-state index is 0.515. The monoisotopic (exact) mass is 121 g/mol. The van der Waals surface area contributed by atoms with E-state index in [1.807, 2.05) is 32.1 Å². The summed E-state index contributed by atoms with van der Waals surface area (Å²) in [5.41, 5.74) is 1.08. The Bertz CT molecular complexity index is 158. The molecule has 0 radical (unpaired) electrons. The van der Waals surface area contributed by atoms with Crippen molar-refractivity contribution in [1.29, 1.82) is 5.26 Å². The molecule has 1 heteroatoms. The molecule has 0 heterocycles. The average Bonchev–Trinajstić information content (AvgIpc) is 1.88. The summed E-state index contributed by atoms with van der Waals surface area (Å²) in [5, 5.41) is 8.27. The van der Waals surface area contributed by atoms with Gasteiger partial charge in [-0.2, -0.15) is 5.26 Å². The molecule has 0 saturated carbocycles. The Kier molecular flexibility index (Phi) is 4.53. The lowest BCUT2D eigenvalue weighted by Gasteiger charge is -1.88. The summed E-state index contributed by atoms with van der Waals surface area (Å²) >= 11 is 0. The molecule has 0 amide bonds. The molecule has 0 aromatic rings. The maximum absolute atomic E-state index is 8.27. The summed E-state index contributed by atoms with van der Waals surface area (Å²) in [7, 11) is 0. The van der Waals surface area contributed by atoms with E-state index in [2.05, 4.69) is 6.07 Å². The molecule has 0 bridgehead atoms. The van der Waals surface area contributed by atoms with Crippen molar-refractivity contribution in [3.63, 3.8) is 0 Å². The van der Waals surface area contributed by atoms with Crippen LogP contribution >= 0.6 is 0 Å². The van der Waals surface area contributed by atoms with Gasteiger partial charge < -0.3 is 0 Å². The summed E-state index contributed by atoms with van der Waals surface area (Å²) < 4.78 is 0. The molecule has 0 atom stereocenters. The fourth-order valence-electron chi connectivity index (χ4n) is 0.563. The first kappa shape index (κ1) is 7.97. The Morgan fingerprint density at radius 2 is 2.22 bits per heavy atom. The van der Waals surface area contributed by atoms with Gasteiger partial charge in [0.2, 0.25) is 0 Å². The van der Waals surface area contributed by atoms with E-state index >= 15 is 0 Å².